The fourth-order valence-electron chi connectivity index (χ4n) is 1.31. The van der Waals surface area contributed by atoms with Gasteiger partial charge in [0.05, 0.1) is 5.51 Å². The first-order valence-electron chi connectivity index (χ1n) is 4.57. The van der Waals surface area contributed by atoms with E-state index in [-0.39, 0.29) is 0 Å². The van der Waals surface area contributed by atoms with Gasteiger partial charge in [-0.3, -0.25) is 0 Å². The second kappa shape index (κ2) is 4.64. The SMILES string of the molecule is Cc1cc(Br)ccc1Nc1ncsc1C#N. The second-order valence-corrected chi connectivity index (χ2v) is 5.00. The van der Waals surface area contributed by atoms with Crippen LogP contribution < -0.4 is 5.32 Å². The minimum Gasteiger partial charge on any atom is -0.338 e. The Hall–Kier alpha value is -1.38. The Kier molecular flexibility index (Phi) is 3.22. The maximum absolute atomic E-state index is 8.87. The van der Waals surface area contributed by atoms with Crippen molar-refractivity contribution >= 4 is 38.8 Å². The van der Waals surface area contributed by atoms with Crippen molar-refractivity contribution in [2.24, 2.45) is 0 Å². The predicted molar refractivity (Wildman–Crippen MR) is 69.0 cm³/mol. The molecular weight excluding hydrogens is 286 g/mol. The summed E-state index contributed by atoms with van der Waals surface area (Å²) in [6.45, 7) is 2.01. The average molecular weight is 294 g/mol. The largest absolute Gasteiger partial charge is 0.338 e. The Morgan fingerprint density at radius 2 is 2.31 bits per heavy atom. The summed E-state index contributed by atoms with van der Waals surface area (Å²) in [7, 11) is 0. The number of rotatable bonds is 2. The molecule has 1 heterocycles. The third-order valence-electron chi connectivity index (χ3n) is 2.11. The number of nitrogens with zero attached hydrogens (tertiary/aromatic N) is 2. The van der Waals surface area contributed by atoms with Crippen LogP contribution in [-0.2, 0) is 0 Å². The van der Waals surface area contributed by atoms with E-state index >= 15 is 0 Å². The molecule has 0 amide bonds. The molecule has 3 nitrogen and oxygen atoms in total. The summed E-state index contributed by atoms with van der Waals surface area (Å²) in [5.41, 5.74) is 3.73. The van der Waals surface area contributed by atoms with Crippen LogP contribution in [0, 0.1) is 18.3 Å². The highest BCUT2D eigenvalue weighted by Crippen LogP contribution is 2.26. The second-order valence-electron chi connectivity index (χ2n) is 3.23. The van der Waals surface area contributed by atoms with Gasteiger partial charge in [-0.25, -0.2) is 4.98 Å². The van der Waals surface area contributed by atoms with Crippen LogP contribution in [-0.4, -0.2) is 4.98 Å². The lowest BCUT2D eigenvalue weighted by atomic mass is 10.2. The monoisotopic (exact) mass is 293 g/mol. The van der Waals surface area contributed by atoms with Crippen molar-refractivity contribution < 1.29 is 0 Å². The van der Waals surface area contributed by atoms with Gasteiger partial charge in [0.15, 0.2) is 5.82 Å². The minimum absolute atomic E-state index is 0.599. The van der Waals surface area contributed by atoms with Crippen molar-refractivity contribution in [1.29, 1.82) is 5.26 Å². The molecule has 2 rings (SSSR count). The van der Waals surface area contributed by atoms with Gasteiger partial charge >= 0.3 is 0 Å². The number of halogens is 1. The number of nitriles is 1. The molecular formula is C11H8BrN3S. The molecule has 0 aliphatic rings. The molecule has 0 atom stereocenters. The van der Waals surface area contributed by atoms with Gasteiger partial charge in [0, 0.05) is 10.2 Å². The van der Waals surface area contributed by atoms with E-state index in [9.17, 15) is 0 Å². The summed E-state index contributed by atoms with van der Waals surface area (Å²) in [6, 6.07) is 8.04. The van der Waals surface area contributed by atoms with Crippen molar-refractivity contribution in [2.75, 3.05) is 5.32 Å². The highest BCUT2D eigenvalue weighted by Gasteiger charge is 2.06. The lowest BCUT2D eigenvalue weighted by Crippen LogP contribution is -1.94. The molecule has 2 aromatic rings. The fourth-order valence-corrected chi connectivity index (χ4v) is 2.32. The van der Waals surface area contributed by atoms with Gasteiger partial charge in [-0.05, 0) is 30.7 Å². The van der Waals surface area contributed by atoms with Gasteiger partial charge < -0.3 is 5.32 Å². The van der Waals surface area contributed by atoms with Crippen molar-refractivity contribution in [3.8, 4) is 6.07 Å². The fraction of sp³-hybridized carbons (Fsp3) is 0.0909. The first-order valence-corrected chi connectivity index (χ1v) is 6.24. The van der Waals surface area contributed by atoms with Crippen LogP contribution in [0.25, 0.3) is 0 Å². The van der Waals surface area contributed by atoms with Crippen molar-refractivity contribution in [2.45, 2.75) is 6.92 Å². The molecule has 0 saturated heterocycles. The maximum Gasteiger partial charge on any atom is 0.159 e. The van der Waals surface area contributed by atoms with E-state index < -0.39 is 0 Å². The Bertz CT molecular complexity index is 557. The molecule has 1 aromatic carbocycles. The summed E-state index contributed by atoms with van der Waals surface area (Å²) in [5, 5.41) is 12.0. The number of anilines is 2. The average Bonchev–Trinajstić information content (AvgIpc) is 2.69. The van der Waals surface area contributed by atoms with Gasteiger partial charge in [0.25, 0.3) is 0 Å². The number of thiazole rings is 1. The Morgan fingerprint density at radius 3 is 3.00 bits per heavy atom. The zero-order valence-corrected chi connectivity index (χ0v) is 10.9. The van der Waals surface area contributed by atoms with Crippen LogP contribution >= 0.6 is 27.3 Å². The van der Waals surface area contributed by atoms with Crippen LogP contribution in [0.2, 0.25) is 0 Å². The van der Waals surface area contributed by atoms with E-state index in [4.69, 9.17) is 5.26 Å². The Morgan fingerprint density at radius 1 is 1.50 bits per heavy atom. The Labute approximate surface area is 106 Å². The van der Waals surface area contributed by atoms with E-state index in [0.717, 1.165) is 15.7 Å². The van der Waals surface area contributed by atoms with Crippen molar-refractivity contribution in [3.05, 3.63) is 38.6 Å². The zero-order chi connectivity index (χ0) is 11.5. The van der Waals surface area contributed by atoms with E-state index in [1.807, 2.05) is 25.1 Å². The van der Waals surface area contributed by atoms with E-state index in [2.05, 4.69) is 32.3 Å². The molecule has 0 saturated carbocycles. The lowest BCUT2D eigenvalue weighted by Gasteiger charge is -2.07. The third kappa shape index (κ3) is 2.23. The molecule has 1 aromatic heterocycles. The van der Waals surface area contributed by atoms with Crippen LogP contribution in [0.5, 0.6) is 0 Å². The summed E-state index contributed by atoms with van der Waals surface area (Å²) in [6.07, 6.45) is 0. The lowest BCUT2D eigenvalue weighted by molar-refractivity contribution is 1.34. The maximum atomic E-state index is 8.87. The van der Waals surface area contributed by atoms with Crippen LogP contribution in [0.15, 0.2) is 28.2 Å². The van der Waals surface area contributed by atoms with Gasteiger partial charge in [-0.15, -0.1) is 11.3 Å². The number of hydrogen-bond donors (Lipinski definition) is 1. The van der Waals surface area contributed by atoms with Gasteiger partial charge in [0.2, 0.25) is 0 Å². The normalized spacial score (nSPS) is 9.81. The first-order chi connectivity index (χ1) is 7.70. The van der Waals surface area contributed by atoms with Gasteiger partial charge in [0.1, 0.15) is 10.9 Å². The summed E-state index contributed by atoms with van der Waals surface area (Å²) >= 11 is 4.74. The van der Waals surface area contributed by atoms with E-state index in [1.54, 1.807) is 5.51 Å². The number of aryl methyl sites for hydroxylation is 1. The van der Waals surface area contributed by atoms with Gasteiger partial charge in [-0.2, -0.15) is 5.26 Å². The standard InChI is InChI=1S/C11H8BrN3S/c1-7-4-8(12)2-3-9(7)15-11-10(5-13)16-6-14-11/h2-4,6,15H,1H3. The number of aromatic nitrogens is 1. The molecule has 0 bridgehead atoms. The molecule has 0 aliphatic heterocycles. The molecule has 0 aliphatic carbocycles. The molecule has 0 radical (unpaired) electrons. The number of benzene rings is 1. The predicted octanol–water partition coefficient (Wildman–Crippen LogP) is 3.83. The molecule has 0 spiro atoms. The van der Waals surface area contributed by atoms with Crippen LogP contribution in [0.3, 0.4) is 0 Å². The van der Waals surface area contributed by atoms with E-state index in [0.29, 0.717) is 10.7 Å². The van der Waals surface area contributed by atoms with Crippen LogP contribution in [0.4, 0.5) is 11.5 Å². The zero-order valence-electron chi connectivity index (χ0n) is 8.49. The highest BCUT2D eigenvalue weighted by molar-refractivity contribution is 9.10. The number of nitrogens with one attached hydrogen (secondary N) is 1. The summed E-state index contributed by atoms with van der Waals surface area (Å²) in [5.74, 6) is 0.623. The smallest absolute Gasteiger partial charge is 0.159 e. The Balaban J connectivity index is 2.31. The molecule has 80 valence electrons. The van der Waals surface area contributed by atoms with Crippen molar-refractivity contribution in [1.82, 2.24) is 4.98 Å². The molecule has 5 heteroatoms. The first kappa shape index (κ1) is 11.1. The molecule has 0 unspecified atom stereocenters. The molecule has 16 heavy (non-hydrogen) atoms. The summed E-state index contributed by atoms with van der Waals surface area (Å²) < 4.78 is 1.04. The quantitative estimate of drug-likeness (QED) is 0.915. The van der Waals surface area contributed by atoms with E-state index in [1.165, 1.54) is 11.3 Å². The topological polar surface area (TPSA) is 48.7 Å². The minimum atomic E-state index is 0.599. The molecule has 0 fully saturated rings. The van der Waals surface area contributed by atoms with Crippen molar-refractivity contribution in [3.63, 3.8) is 0 Å². The van der Waals surface area contributed by atoms with Gasteiger partial charge in [-0.1, -0.05) is 15.9 Å². The molecule has 1 N–H and O–H groups in total. The third-order valence-corrected chi connectivity index (χ3v) is 3.33. The summed E-state index contributed by atoms with van der Waals surface area (Å²) in [4.78, 5) is 4.72. The van der Waals surface area contributed by atoms with Crippen LogP contribution in [0.1, 0.15) is 10.4 Å². The highest BCUT2D eigenvalue weighted by atomic mass is 79.9. The number of hydrogen-bond acceptors (Lipinski definition) is 4.